The average molecular weight is 203 g/mol. The highest BCUT2D eigenvalue weighted by atomic mass is 16.1. The normalized spacial score (nSPS) is 21.5. The lowest BCUT2D eigenvalue weighted by Gasteiger charge is -2.23. The van der Waals surface area contributed by atoms with Gasteiger partial charge in [0.25, 0.3) is 0 Å². The minimum atomic E-state index is -0.0203. The van der Waals surface area contributed by atoms with Crippen molar-refractivity contribution in [1.29, 1.82) is 0 Å². The second-order valence-electron chi connectivity index (χ2n) is 3.77. The SMILES string of the molecule is CN1C=CC=CC1=C1C(=O)CCCC1=O. The molecule has 2 aliphatic rings. The smallest absolute Gasteiger partial charge is 0.168 e. The summed E-state index contributed by atoms with van der Waals surface area (Å²) >= 11 is 0. The minimum absolute atomic E-state index is 0.0203. The fourth-order valence-electron chi connectivity index (χ4n) is 1.88. The zero-order valence-electron chi connectivity index (χ0n) is 8.69. The molecule has 0 N–H and O–H groups in total. The third kappa shape index (κ3) is 1.77. The Labute approximate surface area is 88.8 Å². The van der Waals surface area contributed by atoms with E-state index >= 15 is 0 Å². The molecule has 0 saturated heterocycles. The van der Waals surface area contributed by atoms with Gasteiger partial charge in [0.2, 0.25) is 0 Å². The quantitative estimate of drug-likeness (QED) is 0.443. The molecule has 0 bridgehead atoms. The summed E-state index contributed by atoms with van der Waals surface area (Å²) in [6.07, 6.45) is 9.07. The Bertz CT molecular complexity index is 384. The van der Waals surface area contributed by atoms with Crippen molar-refractivity contribution in [3.05, 3.63) is 35.7 Å². The largest absolute Gasteiger partial charge is 0.350 e. The van der Waals surface area contributed by atoms with Crippen molar-refractivity contribution >= 4 is 11.6 Å². The van der Waals surface area contributed by atoms with E-state index in [-0.39, 0.29) is 11.6 Å². The van der Waals surface area contributed by atoms with Gasteiger partial charge in [0.05, 0.1) is 11.3 Å². The fourth-order valence-corrected chi connectivity index (χ4v) is 1.88. The van der Waals surface area contributed by atoms with Crippen LogP contribution in [0.25, 0.3) is 0 Å². The molecule has 2 rings (SSSR count). The van der Waals surface area contributed by atoms with Crippen LogP contribution >= 0.6 is 0 Å². The highest BCUT2D eigenvalue weighted by Gasteiger charge is 2.27. The van der Waals surface area contributed by atoms with Gasteiger partial charge in [0.15, 0.2) is 11.6 Å². The molecule has 0 aromatic carbocycles. The van der Waals surface area contributed by atoms with E-state index in [1.165, 1.54) is 0 Å². The molecule has 0 aromatic rings. The van der Waals surface area contributed by atoms with Gasteiger partial charge in [-0.3, -0.25) is 9.59 Å². The van der Waals surface area contributed by atoms with E-state index in [4.69, 9.17) is 0 Å². The zero-order chi connectivity index (χ0) is 10.8. The molecule has 0 spiro atoms. The maximum Gasteiger partial charge on any atom is 0.168 e. The van der Waals surface area contributed by atoms with Gasteiger partial charge in [-0.15, -0.1) is 0 Å². The highest BCUT2D eigenvalue weighted by molar-refractivity contribution is 6.22. The predicted octanol–water partition coefficient (Wildman–Crippen LogP) is 1.58. The highest BCUT2D eigenvalue weighted by Crippen LogP contribution is 2.23. The van der Waals surface area contributed by atoms with E-state index < -0.39 is 0 Å². The van der Waals surface area contributed by atoms with Crippen LogP contribution in [0.2, 0.25) is 0 Å². The number of nitrogens with zero attached hydrogens (tertiary/aromatic N) is 1. The van der Waals surface area contributed by atoms with Crippen LogP contribution in [0, 0.1) is 0 Å². The van der Waals surface area contributed by atoms with Crippen molar-refractivity contribution in [1.82, 2.24) is 4.90 Å². The third-order valence-corrected chi connectivity index (χ3v) is 2.68. The Hall–Kier alpha value is -1.64. The molecular weight excluding hydrogens is 190 g/mol. The first-order chi connectivity index (χ1) is 7.20. The standard InChI is InChI=1S/C12H13NO2/c1-13-8-3-2-5-9(13)12-10(14)6-4-7-11(12)15/h2-3,5,8H,4,6-7H2,1H3. The number of hydrogen-bond acceptors (Lipinski definition) is 3. The summed E-state index contributed by atoms with van der Waals surface area (Å²) in [5, 5.41) is 0. The first kappa shape index (κ1) is 9.90. The fraction of sp³-hybridized carbons (Fsp3) is 0.333. The van der Waals surface area contributed by atoms with Crippen LogP contribution in [-0.4, -0.2) is 23.5 Å². The Balaban J connectivity index is 2.45. The monoisotopic (exact) mass is 203 g/mol. The zero-order valence-corrected chi connectivity index (χ0v) is 8.69. The van der Waals surface area contributed by atoms with Gasteiger partial charge in [-0.25, -0.2) is 0 Å². The van der Waals surface area contributed by atoms with Crippen LogP contribution < -0.4 is 0 Å². The number of hydrogen-bond donors (Lipinski definition) is 0. The van der Waals surface area contributed by atoms with Gasteiger partial charge in [-0.05, 0) is 18.6 Å². The molecule has 0 aromatic heterocycles. The third-order valence-electron chi connectivity index (χ3n) is 2.68. The van der Waals surface area contributed by atoms with Crippen molar-refractivity contribution in [3.8, 4) is 0 Å². The molecule has 1 aliphatic heterocycles. The molecule has 1 aliphatic carbocycles. The molecule has 3 nitrogen and oxygen atoms in total. The molecule has 0 radical (unpaired) electrons. The molecule has 0 amide bonds. The Morgan fingerprint density at radius 2 is 1.80 bits per heavy atom. The van der Waals surface area contributed by atoms with E-state index in [9.17, 15) is 9.59 Å². The summed E-state index contributed by atoms with van der Waals surface area (Å²) < 4.78 is 0. The molecular formula is C12H13NO2. The van der Waals surface area contributed by atoms with Gasteiger partial charge >= 0.3 is 0 Å². The van der Waals surface area contributed by atoms with Crippen molar-refractivity contribution in [3.63, 3.8) is 0 Å². The van der Waals surface area contributed by atoms with Gasteiger partial charge in [-0.1, -0.05) is 6.08 Å². The molecule has 0 unspecified atom stereocenters. The minimum Gasteiger partial charge on any atom is -0.350 e. The lowest BCUT2D eigenvalue weighted by atomic mass is 9.90. The Morgan fingerprint density at radius 1 is 1.13 bits per heavy atom. The summed E-state index contributed by atoms with van der Waals surface area (Å²) in [5.74, 6) is -0.0406. The van der Waals surface area contributed by atoms with Crippen LogP contribution in [0.4, 0.5) is 0 Å². The number of Topliss-reactive ketones (excluding diaryl/α,β-unsaturated/α-hetero) is 2. The lowest BCUT2D eigenvalue weighted by molar-refractivity contribution is -0.123. The summed E-state index contributed by atoms with van der Waals surface area (Å²) in [6, 6.07) is 0. The van der Waals surface area contributed by atoms with Crippen LogP contribution in [-0.2, 0) is 9.59 Å². The first-order valence-corrected chi connectivity index (χ1v) is 5.08. The van der Waals surface area contributed by atoms with Crippen LogP contribution in [0.15, 0.2) is 35.7 Å². The molecule has 0 atom stereocenters. The summed E-state index contributed by atoms with van der Waals surface area (Å²) in [4.78, 5) is 25.2. The van der Waals surface area contributed by atoms with Crippen molar-refractivity contribution < 1.29 is 9.59 Å². The molecule has 1 saturated carbocycles. The summed E-state index contributed by atoms with van der Waals surface area (Å²) in [7, 11) is 1.84. The summed E-state index contributed by atoms with van der Waals surface area (Å²) in [6.45, 7) is 0. The predicted molar refractivity (Wildman–Crippen MR) is 56.9 cm³/mol. The second kappa shape index (κ2) is 3.85. The van der Waals surface area contributed by atoms with E-state index in [2.05, 4.69) is 0 Å². The first-order valence-electron chi connectivity index (χ1n) is 5.08. The number of ketones is 2. The van der Waals surface area contributed by atoms with E-state index in [0.717, 1.165) is 5.70 Å². The Morgan fingerprint density at radius 3 is 2.40 bits per heavy atom. The van der Waals surface area contributed by atoms with Crippen LogP contribution in [0.3, 0.4) is 0 Å². The van der Waals surface area contributed by atoms with Crippen molar-refractivity contribution in [2.75, 3.05) is 7.05 Å². The molecule has 1 fully saturated rings. The van der Waals surface area contributed by atoms with Gasteiger partial charge in [-0.2, -0.15) is 0 Å². The number of carbonyl (C=O) groups is 2. The van der Waals surface area contributed by atoms with Crippen molar-refractivity contribution in [2.45, 2.75) is 19.3 Å². The van der Waals surface area contributed by atoms with Crippen LogP contribution in [0.1, 0.15) is 19.3 Å². The second-order valence-corrected chi connectivity index (χ2v) is 3.77. The topological polar surface area (TPSA) is 37.4 Å². The maximum absolute atomic E-state index is 11.7. The molecule has 15 heavy (non-hydrogen) atoms. The van der Waals surface area contributed by atoms with Gasteiger partial charge < -0.3 is 4.90 Å². The molecule has 78 valence electrons. The number of allylic oxidation sites excluding steroid dienone is 4. The Kier molecular flexibility index (Phi) is 2.54. The number of carbonyl (C=O) groups excluding carboxylic acids is 2. The van der Waals surface area contributed by atoms with E-state index in [1.807, 2.05) is 36.4 Å². The maximum atomic E-state index is 11.7. The average Bonchev–Trinajstić information content (AvgIpc) is 2.20. The molecule has 1 heterocycles. The lowest BCUT2D eigenvalue weighted by Crippen LogP contribution is -2.25. The number of rotatable bonds is 0. The van der Waals surface area contributed by atoms with E-state index in [1.54, 1.807) is 0 Å². The number of likely N-dealkylation sites (N-methyl/N-ethyl adjacent to an activating group) is 1. The van der Waals surface area contributed by atoms with Gasteiger partial charge in [0.1, 0.15) is 0 Å². The van der Waals surface area contributed by atoms with Crippen molar-refractivity contribution in [2.24, 2.45) is 0 Å². The summed E-state index contributed by atoms with van der Waals surface area (Å²) in [5.41, 5.74) is 1.11. The molecule has 3 heteroatoms. The van der Waals surface area contributed by atoms with E-state index in [0.29, 0.717) is 24.8 Å². The van der Waals surface area contributed by atoms with Crippen LogP contribution in [0.5, 0.6) is 0 Å². The van der Waals surface area contributed by atoms with Gasteiger partial charge in [0, 0.05) is 26.1 Å².